The van der Waals surface area contributed by atoms with Crippen molar-refractivity contribution in [3.63, 3.8) is 0 Å². The maximum Gasteiger partial charge on any atom is 0.0209 e. The molecule has 0 amide bonds. The number of nitrogens with zero attached hydrogens (tertiary/aromatic N) is 1. The molecular formula is C19H30N2. The Hall–Kier alpha value is -0.860. The molecule has 1 N–H and O–H groups in total. The molecule has 1 saturated carbocycles. The quantitative estimate of drug-likeness (QED) is 0.787. The third-order valence-corrected chi connectivity index (χ3v) is 5.11. The van der Waals surface area contributed by atoms with Crippen LogP contribution in [0.5, 0.6) is 0 Å². The average Bonchev–Trinajstić information content (AvgIpc) is 3.23. The topological polar surface area (TPSA) is 15.3 Å². The van der Waals surface area contributed by atoms with Crippen LogP contribution in [0.3, 0.4) is 0 Å². The summed E-state index contributed by atoms with van der Waals surface area (Å²) in [6.45, 7) is 6.06. The third-order valence-electron chi connectivity index (χ3n) is 5.11. The fourth-order valence-electron chi connectivity index (χ4n) is 3.55. The van der Waals surface area contributed by atoms with Gasteiger partial charge in [0.25, 0.3) is 0 Å². The van der Waals surface area contributed by atoms with Gasteiger partial charge in [-0.1, -0.05) is 50.1 Å². The zero-order valence-corrected chi connectivity index (χ0v) is 13.4. The van der Waals surface area contributed by atoms with Gasteiger partial charge in [0.05, 0.1) is 0 Å². The summed E-state index contributed by atoms with van der Waals surface area (Å²) in [5.74, 6) is 1.04. The van der Waals surface area contributed by atoms with E-state index < -0.39 is 0 Å². The lowest BCUT2D eigenvalue weighted by Crippen LogP contribution is -2.40. The van der Waals surface area contributed by atoms with E-state index in [1.807, 2.05) is 0 Å². The van der Waals surface area contributed by atoms with Crippen LogP contribution in [0.25, 0.3) is 0 Å². The molecule has 1 heterocycles. The Labute approximate surface area is 129 Å². The van der Waals surface area contributed by atoms with Gasteiger partial charge in [-0.05, 0) is 43.7 Å². The van der Waals surface area contributed by atoms with Gasteiger partial charge in [0.1, 0.15) is 0 Å². The molecule has 3 rings (SSSR count). The third kappa shape index (κ3) is 4.82. The van der Waals surface area contributed by atoms with Gasteiger partial charge in [-0.25, -0.2) is 0 Å². The van der Waals surface area contributed by atoms with Crippen molar-refractivity contribution >= 4 is 0 Å². The van der Waals surface area contributed by atoms with Crippen LogP contribution >= 0.6 is 0 Å². The lowest BCUT2D eigenvalue weighted by molar-refractivity contribution is 0.319. The van der Waals surface area contributed by atoms with Crippen LogP contribution in [0.4, 0.5) is 0 Å². The van der Waals surface area contributed by atoms with Gasteiger partial charge >= 0.3 is 0 Å². The molecule has 2 nitrogen and oxygen atoms in total. The van der Waals surface area contributed by atoms with Crippen molar-refractivity contribution in [3.05, 3.63) is 35.9 Å². The SMILES string of the molecule is CCC(CC1CC1)NC1CCN(CCc2ccccc2)C1. The predicted octanol–water partition coefficient (Wildman–Crippen LogP) is 3.47. The van der Waals surface area contributed by atoms with E-state index in [0.717, 1.165) is 18.0 Å². The Bertz CT molecular complexity index is 413. The first kappa shape index (κ1) is 15.1. The molecule has 1 aliphatic carbocycles. The number of hydrogen-bond acceptors (Lipinski definition) is 2. The Morgan fingerprint density at radius 2 is 2.00 bits per heavy atom. The highest BCUT2D eigenvalue weighted by Crippen LogP contribution is 2.34. The Morgan fingerprint density at radius 3 is 2.71 bits per heavy atom. The van der Waals surface area contributed by atoms with Crippen molar-refractivity contribution in [1.82, 2.24) is 10.2 Å². The molecular weight excluding hydrogens is 256 g/mol. The molecule has 0 radical (unpaired) electrons. The zero-order valence-electron chi connectivity index (χ0n) is 13.4. The summed E-state index contributed by atoms with van der Waals surface area (Å²) in [5.41, 5.74) is 1.47. The predicted molar refractivity (Wildman–Crippen MR) is 89.5 cm³/mol. The van der Waals surface area contributed by atoms with Crippen LogP contribution in [0, 0.1) is 5.92 Å². The Morgan fingerprint density at radius 1 is 1.19 bits per heavy atom. The first-order valence-corrected chi connectivity index (χ1v) is 8.86. The van der Waals surface area contributed by atoms with Gasteiger partial charge in [0.15, 0.2) is 0 Å². The Kier molecular flexibility index (Phi) is 5.32. The van der Waals surface area contributed by atoms with E-state index in [1.165, 1.54) is 63.7 Å². The van der Waals surface area contributed by atoms with Gasteiger partial charge < -0.3 is 10.2 Å². The molecule has 0 aromatic heterocycles. The smallest absolute Gasteiger partial charge is 0.0209 e. The standard InChI is InChI=1S/C19H30N2/c1-2-18(14-17-8-9-17)20-19-11-13-21(15-19)12-10-16-6-4-3-5-7-16/h3-7,17-20H,2,8-15H2,1H3. The van der Waals surface area contributed by atoms with Crippen LogP contribution in [-0.2, 0) is 6.42 Å². The van der Waals surface area contributed by atoms with Crippen molar-refractivity contribution in [2.75, 3.05) is 19.6 Å². The summed E-state index contributed by atoms with van der Waals surface area (Å²) in [5, 5.41) is 3.92. The fourth-order valence-corrected chi connectivity index (χ4v) is 3.55. The summed E-state index contributed by atoms with van der Waals surface area (Å²) in [6.07, 6.45) is 8.18. The molecule has 21 heavy (non-hydrogen) atoms. The minimum atomic E-state index is 0.726. The van der Waals surface area contributed by atoms with Crippen LogP contribution in [0.15, 0.2) is 30.3 Å². The van der Waals surface area contributed by atoms with Gasteiger partial charge in [0, 0.05) is 25.2 Å². The first-order valence-electron chi connectivity index (χ1n) is 8.86. The van der Waals surface area contributed by atoms with Gasteiger partial charge in [-0.2, -0.15) is 0 Å². The molecule has 0 bridgehead atoms. The highest BCUT2D eigenvalue weighted by atomic mass is 15.2. The van der Waals surface area contributed by atoms with Crippen molar-refractivity contribution in [1.29, 1.82) is 0 Å². The van der Waals surface area contributed by atoms with E-state index in [9.17, 15) is 0 Å². The first-order chi connectivity index (χ1) is 10.3. The fraction of sp³-hybridized carbons (Fsp3) is 0.684. The zero-order chi connectivity index (χ0) is 14.5. The van der Waals surface area contributed by atoms with E-state index >= 15 is 0 Å². The van der Waals surface area contributed by atoms with E-state index in [-0.39, 0.29) is 0 Å². The minimum Gasteiger partial charge on any atom is -0.310 e. The lowest BCUT2D eigenvalue weighted by Gasteiger charge is -2.22. The number of likely N-dealkylation sites (tertiary alicyclic amines) is 1. The average molecular weight is 286 g/mol. The summed E-state index contributed by atoms with van der Waals surface area (Å²) < 4.78 is 0. The number of benzene rings is 1. The van der Waals surface area contributed by atoms with Crippen LogP contribution in [0.2, 0.25) is 0 Å². The molecule has 1 saturated heterocycles. The second kappa shape index (κ2) is 7.42. The minimum absolute atomic E-state index is 0.726. The normalized spacial score (nSPS) is 24.3. The Balaban J connectivity index is 1.38. The lowest BCUT2D eigenvalue weighted by atomic mass is 10.1. The number of nitrogens with one attached hydrogen (secondary N) is 1. The summed E-state index contributed by atoms with van der Waals surface area (Å²) in [6, 6.07) is 12.4. The molecule has 2 aliphatic rings. The van der Waals surface area contributed by atoms with Crippen molar-refractivity contribution in [3.8, 4) is 0 Å². The molecule has 0 spiro atoms. The van der Waals surface area contributed by atoms with E-state index in [2.05, 4.69) is 47.5 Å². The number of hydrogen-bond donors (Lipinski definition) is 1. The number of rotatable bonds is 8. The van der Waals surface area contributed by atoms with Crippen molar-refractivity contribution in [2.24, 2.45) is 5.92 Å². The van der Waals surface area contributed by atoms with Crippen molar-refractivity contribution < 1.29 is 0 Å². The second-order valence-electron chi connectivity index (χ2n) is 6.97. The maximum atomic E-state index is 3.92. The monoisotopic (exact) mass is 286 g/mol. The highest BCUT2D eigenvalue weighted by molar-refractivity contribution is 5.14. The van der Waals surface area contributed by atoms with E-state index in [1.54, 1.807) is 0 Å². The van der Waals surface area contributed by atoms with Gasteiger partial charge in [-0.3, -0.25) is 0 Å². The molecule has 116 valence electrons. The van der Waals surface area contributed by atoms with Gasteiger partial charge in [0.2, 0.25) is 0 Å². The summed E-state index contributed by atoms with van der Waals surface area (Å²) >= 11 is 0. The molecule has 2 fully saturated rings. The molecule has 1 aromatic rings. The molecule has 2 unspecified atom stereocenters. The van der Waals surface area contributed by atoms with E-state index in [4.69, 9.17) is 0 Å². The van der Waals surface area contributed by atoms with Crippen LogP contribution in [-0.4, -0.2) is 36.6 Å². The highest BCUT2D eigenvalue weighted by Gasteiger charge is 2.28. The maximum absolute atomic E-state index is 3.92. The van der Waals surface area contributed by atoms with Crippen LogP contribution in [0.1, 0.15) is 44.6 Å². The molecule has 1 aromatic carbocycles. The molecule has 1 aliphatic heterocycles. The molecule has 2 heteroatoms. The van der Waals surface area contributed by atoms with Crippen LogP contribution < -0.4 is 5.32 Å². The second-order valence-corrected chi connectivity index (χ2v) is 6.97. The summed E-state index contributed by atoms with van der Waals surface area (Å²) in [4.78, 5) is 2.63. The van der Waals surface area contributed by atoms with E-state index in [0.29, 0.717) is 0 Å². The summed E-state index contributed by atoms with van der Waals surface area (Å²) in [7, 11) is 0. The van der Waals surface area contributed by atoms with Crippen molar-refractivity contribution in [2.45, 2.75) is 57.5 Å². The van der Waals surface area contributed by atoms with Gasteiger partial charge in [-0.15, -0.1) is 0 Å². The largest absolute Gasteiger partial charge is 0.310 e. The molecule has 2 atom stereocenters.